The molecule has 0 aliphatic carbocycles. The summed E-state index contributed by atoms with van der Waals surface area (Å²) >= 11 is 0. The van der Waals surface area contributed by atoms with Crippen LogP contribution in [0.15, 0.2) is 0 Å². The van der Waals surface area contributed by atoms with Gasteiger partial charge < -0.3 is 20.2 Å². The molecule has 0 aromatic heterocycles. The molecular formula is C20H35N3O4. The topological polar surface area (TPSA) is 90.0 Å². The fraction of sp³-hybridized carbons (Fsp3) is 0.850. The summed E-state index contributed by atoms with van der Waals surface area (Å²) < 4.78 is 0. The summed E-state index contributed by atoms with van der Waals surface area (Å²) in [5.41, 5.74) is 0. The van der Waals surface area contributed by atoms with Crippen LogP contribution in [-0.2, 0) is 14.4 Å². The maximum Gasteiger partial charge on any atom is 0.306 e. The summed E-state index contributed by atoms with van der Waals surface area (Å²) in [5.74, 6) is -0.452. The lowest BCUT2D eigenvalue weighted by Gasteiger charge is -2.41. The lowest BCUT2D eigenvalue weighted by Crippen LogP contribution is -2.62. The molecule has 0 spiro atoms. The van der Waals surface area contributed by atoms with E-state index in [0.29, 0.717) is 57.3 Å². The first kappa shape index (κ1) is 21.7. The van der Waals surface area contributed by atoms with E-state index in [1.165, 1.54) is 0 Å². The van der Waals surface area contributed by atoms with E-state index in [4.69, 9.17) is 5.11 Å². The standard InChI is InChI=1S/C20H35N3O4/c1-13(2)11-16-18(24)23(10-7-21-16)17(12-14(3)4)19(25)22-8-5-15(6-9-22)20(26)27/h13-17,21H,5-12H2,1-4H3,(H,26,27)/t16-,17-/m0/s1. The number of carboxylic acid groups (broad SMARTS) is 1. The number of carbonyl (C=O) groups excluding carboxylic acids is 2. The van der Waals surface area contributed by atoms with Crippen molar-refractivity contribution in [3.8, 4) is 0 Å². The van der Waals surface area contributed by atoms with Crippen LogP contribution in [0.25, 0.3) is 0 Å². The van der Waals surface area contributed by atoms with E-state index in [1.54, 1.807) is 9.80 Å². The molecule has 2 fully saturated rings. The van der Waals surface area contributed by atoms with E-state index >= 15 is 0 Å². The Bertz CT molecular complexity index is 541. The van der Waals surface area contributed by atoms with Gasteiger partial charge in [0, 0.05) is 26.2 Å². The zero-order valence-corrected chi connectivity index (χ0v) is 17.1. The van der Waals surface area contributed by atoms with Gasteiger partial charge in [0.25, 0.3) is 0 Å². The van der Waals surface area contributed by atoms with Crippen molar-refractivity contribution in [1.29, 1.82) is 0 Å². The molecule has 2 N–H and O–H groups in total. The fourth-order valence-electron chi connectivity index (χ4n) is 4.09. The molecule has 2 saturated heterocycles. The second-order valence-corrected chi connectivity index (χ2v) is 8.75. The molecule has 0 aromatic rings. The number of aliphatic carboxylic acids is 1. The van der Waals surface area contributed by atoms with E-state index < -0.39 is 12.0 Å². The highest BCUT2D eigenvalue weighted by Gasteiger charge is 2.39. The van der Waals surface area contributed by atoms with Crippen molar-refractivity contribution >= 4 is 17.8 Å². The van der Waals surface area contributed by atoms with Gasteiger partial charge in [-0.05, 0) is 37.5 Å². The van der Waals surface area contributed by atoms with Gasteiger partial charge >= 0.3 is 5.97 Å². The minimum Gasteiger partial charge on any atom is -0.481 e. The van der Waals surface area contributed by atoms with Crippen LogP contribution in [0.5, 0.6) is 0 Å². The average Bonchev–Trinajstić information content (AvgIpc) is 2.60. The van der Waals surface area contributed by atoms with Crippen LogP contribution < -0.4 is 5.32 Å². The second-order valence-electron chi connectivity index (χ2n) is 8.75. The van der Waals surface area contributed by atoms with Crippen LogP contribution in [0.3, 0.4) is 0 Å². The molecule has 7 heteroatoms. The zero-order valence-electron chi connectivity index (χ0n) is 17.1. The Morgan fingerprint density at radius 1 is 1.11 bits per heavy atom. The monoisotopic (exact) mass is 381 g/mol. The lowest BCUT2D eigenvalue weighted by atomic mass is 9.94. The number of piperidine rings is 1. The predicted octanol–water partition coefficient (Wildman–Crippen LogP) is 1.57. The van der Waals surface area contributed by atoms with Gasteiger partial charge in [-0.3, -0.25) is 14.4 Å². The van der Waals surface area contributed by atoms with Crippen molar-refractivity contribution in [3.05, 3.63) is 0 Å². The fourth-order valence-corrected chi connectivity index (χ4v) is 4.09. The van der Waals surface area contributed by atoms with Gasteiger partial charge in [-0.1, -0.05) is 27.7 Å². The van der Waals surface area contributed by atoms with Gasteiger partial charge in [-0.25, -0.2) is 0 Å². The number of carboxylic acids is 1. The first-order valence-corrected chi connectivity index (χ1v) is 10.3. The first-order chi connectivity index (χ1) is 12.7. The average molecular weight is 382 g/mol. The number of likely N-dealkylation sites (tertiary alicyclic amines) is 1. The van der Waals surface area contributed by atoms with Crippen LogP contribution in [0.4, 0.5) is 0 Å². The highest BCUT2D eigenvalue weighted by atomic mass is 16.4. The minimum atomic E-state index is -0.783. The summed E-state index contributed by atoms with van der Waals surface area (Å²) in [6.45, 7) is 10.5. The second kappa shape index (κ2) is 9.53. The largest absolute Gasteiger partial charge is 0.481 e. The van der Waals surface area contributed by atoms with Crippen LogP contribution in [0, 0.1) is 17.8 Å². The van der Waals surface area contributed by atoms with Crippen molar-refractivity contribution in [2.24, 2.45) is 17.8 Å². The lowest BCUT2D eigenvalue weighted by molar-refractivity contribution is -0.152. The van der Waals surface area contributed by atoms with Gasteiger partial charge in [0.2, 0.25) is 11.8 Å². The molecule has 2 aliphatic heterocycles. The Morgan fingerprint density at radius 3 is 2.26 bits per heavy atom. The number of carbonyl (C=O) groups is 3. The Hall–Kier alpha value is -1.63. The van der Waals surface area contributed by atoms with Crippen LogP contribution in [-0.4, -0.2) is 71.0 Å². The van der Waals surface area contributed by atoms with Crippen LogP contribution in [0.1, 0.15) is 53.4 Å². The molecule has 2 amide bonds. The highest BCUT2D eigenvalue weighted by Crippen LogP contribution is 2.23. The number of nitrogens with one attached hydrogen (secondary N) is 1. The Morgan fingerprint density at radius 2 is 1.74 bits per heavy atom. The molecule has 2 heterocycles. The van der Waals surface area contributed by atoms with E-state index in [-0.39, 0.29) is 23.8 Å². The van der Waals surface area contributed by atoms with Crippen LogP contribution >= 0.6 is 0 Å². The van der Waals surface area contributed by atoms with Crippen molar-refractivity contribution in [2.75, 3.05) is 26.2 Å². The molecule has 2 atom stereocenters. The van der Waals surface area contributed by atoms with Crippen molar-refractivity contribution < 1.29 is 19.5 Å². The smallest absolute Gasteiger partial charge is 0.306 e. The molecule has 7 nitrogen and oxygen atoms in total. The zero-order chi connectivity index (χ0) is 20.1. The molecule has 2 aliphatic rings. The number of rotatable bonds is 7. The molecule has 27 heavy (non-hydrogen) atoms. The normalized spacial score (nSPS) is 23.2. The Balaban J connectivity index is 2.11. The van der Waals surface area contributed by atoms with Crippen molar-refractivity contribution in [3.63, 3.8) is 0 Å². The van der Waals surface area contributed by atoms with Crippen molar-refractivity contribution in [2.45, 2.75) is 65.5 Å². The molecule has 0 saturated carbocycles. The molecule has 0 aromatic carbocycles. The molecule has 0 radical (unpaired) electrons. The van der Waals surface area contributed by atoms with E-state index in [1.807, 2.05) is 0 Å². The SMILES string of the molecule is CC(C)C[C@@H]1NCCN([C@@H](CC(C)C)C(=O)N2CCC(C(=O)O)CC2)C1=O. The number of nitrogens with zero attached hydrogens (tertiary/aromatic N) is 2. The Labute approximate surface area is 162 Å². The van der Waals surface area contributed by atoms with Gasteiger partial charge in [0.15, 0.2) is 0 Å². The maximum atomic E-state index is 13.2. The van der Waals surface area contributed by atoms with Crippen LogP contribution in [0.2, 0.25) is 0 Å². The quantitative estimate of drug-likeness (QED) is 0.699. The van der Waals surface area contributed by atoms with E-state index in [2.05, 4.69) is 33.0 Å². The molecule has 2 rings (SSSR count). The summed E-state index contributed by atoms with van der Waals surface area (Å²) in [4.78, 5) is 41.0. The molecular weight excluding hydrogens is 346 g/mol. The van der Waals surface area contributed by atoms with E-state index in [9.17, 15) is 14.4 Å². The van der Waals surface area contributed by atoms with Crippen molar-refractivity contribution in [1.82, 2.24) is 15.1 Å². The van der Waals surface area contributed by atoms with E-state index in [0.717, 1.165) is 6.42 Å². The Kier molecular flexibility index (Phi) is 7.65. The van der Waals surface area contributed by atoms with Gasteiger partial charge in [0.05, 0.1) is 12.0 Å². The number of piperazine rings is 1. The summed E-state index contributed by atoms with van der Waals surface area (Å²) in [6, 6.07) is -0.672. The third-order valence-electron chi connectivity index (χ3n) is 5.54. The third kappa shape index (κ3) is 5.67. The predicted molar refractivity (Wildman–Crippen MR) is 103 cm³/mol. The minimum absolute atomic E-state index is 0.0221. The molecule has 0 unspecified atom stereocenters. The van der Waals surface area contributed by atoms with Gasteiger partial charge in [0.1, 0.15) is 6.04 Å². The number of amides is 2. The number of hydrogen-bond acceptors (Lipinski definition) is 4. The maximum absolute atomic E-state index is 13.2. The summed E-state index contributed by atoms with van der Waals surface area (Å²) in [6.07, 6.45) is 2.38. The number of hydrogen-bond donors (Lipinski definition) is 2. The third-order valence-corrected chi connectivity index (χ3v) is 5.54. The van der Waals surface area contributed by atoms with Gasteiger partial charge in [-0.15, -0.1) is 0 Å². The first-order valence-electron chi connectivity index (χ1n) is 10.3. The highest BCUT2D eigenvalue weighted by molar-refractivity contribution is 5.90. The van der Waals surface area contributed by atoms with Gasteiger partial charge in [-0.2, -0.15) is 0 Å². The summed E-state index contributed by atoms with van der Waals surface area (Å²) in [5, 5.41) is 12.5. The summed E-state index contributed by atoms with van der Waals surface area (Å²) in [7, 11) is 0. The molecule has 0 bridgehead atoms. The molecule has 154 valence electrons.